The summed E-state index contributed by atoms with van der Waals surface area (Å²) < 4.78 is 1.93. The van der Waals surface area contributed by atoms with Crippen molar-refractivity contribution in [2.45, 2.75) is 19.6 Å². The van der Waals surface area contributed by atoms with Crippen molar-refractivity contribution in [1.29, 1.82) is 0 Å². The predicted octanol–water partition coefficient (Wildman–Crippen LogP) is 7.92. The van der Waals surface area contributed by atoms with Gasteiger partial charge in [-0.3, -0.25) is 9.48 Å². The molecule has 42 heavy (non-hydrogen) atoms. The summed E-state index contributed by atoms with van der Waals surface area (Å²) in [6.07, 6.45) is 0.309. The second-order valence-corrected chi connectivity index (χ2v) is 10.8. The Hall–Kier alpha value is -4.36. The van der Waals surface area contributed by atoms with Gasteiger partial charge >= 0.3 is 0 Å². The van der Waals surface area contributed by atoms with Crippen LogP contribution in [0.2, 0.25) is 10.0 Å². The van der Waals surface area contributed by atoms with E-state index in [0.717, 1.165) is 44.8 Å². The Morgan fingerprint density at radius 3 is 1.95 bits per heavy atom. The zero-order valence-electron chi connectivity index (χ0n) is 22.7. The van der Waals surface area contributed by atoms with Crippen LogP contribution < -0.4 is 5.32 Å². The number of rotatable bonds is 10. The minimum absolute atomic E-state index is 0.0143. The SMILES string of the molecule is C=C(O)CCNC(=O)c1ccc(Cn2nc(-c3cc(Cl)cc(Cl)c3)cc2-c2ccc(-c3ccc(CO)cc3)cc2)cc1. The lowest BCUT2D eigenvalue weighted by Gasteiger charge is -2.10. The molecule has 0 aliphatic carbocycles. The van der Waals surface area contributed by atoms with Gasteiger partial charge in [0.1, 0.15) is 0 Å². The Balaban J connectivity index is 1.44. The van der Waals surface area contributed by atoms with Crippen molar-refractivity contribution in [2.24, 2.45) is 0 Å². The first-order chi connectivity index (χ1) is 20.3. The first-order valence-corrected chi connectivity index (χ1v) is 14.1. The van der Waals surface area contributed by atoms with Gasteiger partial charge in [-0.15, -0.1) is 0 Å². The molecule has 8 heteroatoms. The number of nitrogens with zero attached hydrogens (tertiary/aromatic N) is 2. The lowest BCUT2D eigenvalue weighted by molar-refractivity contribution is 0.0953. The Kier molecular flexibility index (Phi) is 9.08. The smallest absolute Gasteiger partial charge is 0.251 e. The topological polar surface area (TPSA) is 87.4 Å². The number of hydrogen-bond acceptors (Lipinski definition) is 4. The van der Waals surface area contributed by atoms with Crippen LogP contribution in [-0.2, 0) is 13.2 Å². The van der Waals surface area contributed by atoms with Gasteiger partial charge in [-0.1, -0.05) is 90.4 Å². The summed E-state index contributed by atoms with van der Waals surface area (Å²) in [6, 6.07) is 30.8. The maximum absolute atomic E-state index is 12.4. The zero-order valence-corrected chi connectivity index (χ0v) is 24.2. The van der Waals surface area contributed by atoms with Crippen LogP contribution in [0.5, 0.6) is 0 Å². The number of halogens is 2. The maximum atomic E-state index is 12.4. The molecular weight excluding hydrogens is 569 g/mol. The van der Waals surface area contributed by atoms with Crippen LogP contribution in [0.15, 0.2) is 109 Å². The second-order valence-electron chi connectivity index (χ2n) is 9.93. The predicted molar refractivity (Wildman–Crippen MR) is 169 cm³/mol. The number of benzene rings is 4. The van der Waals surface area contributed by atoms with Crippen molar-refractivity contribution in [3.8, 4) is 33.6 Å². The lowest BCUT2D eigenvalue weighted by atomic mass is 10.0. The number of aliphatic hydroxyl groups is 2. The Morgan fingerprint density at radius 2 is 1.36 bits per heavy atom. The molecule has 1 heterocycles. The van der Waals surface area contributed by atoms with Crippen LogP contribution in [0.4, 0.5) is 0 Å². The van der Waals surface area contributed by atoms with Gasteiger partial charge in [0, 0.05) is 34.1 Å². The number of carbonyl (C=O) groups excluding carboxylic acids is 1. The quantitative estimate of drug-likeness (QED) is 0.143. The van der Waals surface area contributed by atoms with Crippen LogP contribution in [0.3, 0.4) is 0 Å². The van der Waals surface area contributed by atoms with Crippen LogP contribution in [0.1, 0.15) is 27.9 Å². The molecule has 0 saturated carbocycles. The Labute approximate surface area is 254 Å². The number of aromatic nitrogens is 2. The fraction of sp³-hybridized carbons (Fsp3) is 0.118. The highest BCUT2D eigenvalue weighted by atomic mass is 35.5. The highest BCUT2D eigenvalue weighted by Crippen LogP contribution is 2.32. The average molecular weight is 599 g/mol. The van der Waals surface area contributed by atoms with Gasteiger partial charge in [-0.05, 0) is 64.2 Å². The van der Waals surface area contributed by atoms with E-state index in [1.54, 1.807) is 18.2 Å². The summed E-state index contributed by atoms with van der Waals surface area (Å²) >= 11 is 12.6. The highest BCUT2D eigenvalue weighted by molar-refractivity contribution is 6.35. The molecule has 5 rings (SSSR count). The van der Waals surface area contributed by atoms with Crippen molar-refractivity contribution in [2.75, 3.05) is 6.54 Å². The molecule has 0 saturated heterocycles. The number of carbonyl (C=O) groups is 1. The van der Waals surface area contributed by atoms with E-state index in [0.29, 0.717) is 35.1 Å². The normalized spacial score (nSPS) is 10.9. The van der Waals surface area contributed by atoms with E-state index in [4.69, 9.17) is 28.3 Å². The molecule has 1 aromatic heterocycles. The molecule has 6 nitrogen and oxygen atoms in total. The summed E-state index contributed by atoms with van der Waals surface area (Å²) in [5, 5.41) is 27.3. The fourth-order valence-corrected chi connectivity index (χ4v) is 5.13. The first-order valence-electron chi connectivity index (χ1n) is 13.4. The van der Waals surface area contributed by atoms with Gasteiger partial charge in [-0.2, -0.15) is 5.10 Å². The van der Waals surface area contributed by atoms with E-state index in [9.17, 15) is 15.0 Å². The molecule has 212 valence electrons. The molecule has 0 radical (unpaired) electrons. The molecule has 3 N–H and O–H groups in total. The van der Waals surface area contributed by atoms with E-state index in [1.165, 1.54) is 0 Å². The number of nitrogens with one attached hydrogen (secondary N) is 1. The minimum atomic E-state index is -0.214. The third kappa shape index (κ3) is 7.09. The van der Waals surface area contributed by atoms with Crippen molar-refractivity contribution in [1.82, 2.24) is 15.1 Å². The summed E-state index contributed by atoms with van der Waals surface area (Å²) in [5.41, 5.74) is 7.93. The molecule has 0 aliphatic heterocycles. The third-order valence-electron chi connectivity index (χ3n) is 6.84. The first kappa shape index (κ1) is 29.1. The zero-order chi connectivity index (χ0) is 29.6. The van der Waals surface area contributed by atoms with Crippen molar-refractivity contribution < 1.29 is 15.0 Å². The van der Waals surface area contributed by atoms with E-state index in [1.807, 2.05) is 59.3 Å². The highest BCUT2D eigenvalue weighted by Gasteiger charge is 2.14. The molecule has 4 aromatic carbocycles. The maximum Gasteiger partial charge on any atom is 0.251 e. The van der Waals surface area contributed by atoms with Gasteiger partial charge in [0.15, 0.2) is 0 Å². The van der Waals surface area contributed by atoms with Crippen LogP contribution in [0, 0.1) is 0 Å². The van der Waals surface area contributed by atoms with Crippen LogP contribution in [0.25, 0.3) is 33.6 Å². The van der Waals surface area contributed by atoms with Gasteiger partial charge < -0.3 is 15.5 Å². The standard InChI is InChI=1S/C34H29Cl2N3O3/c1-22(41)14-15-37-34(42)28-8-2-23(3-9-28)20-39-33(19-32(38-39)29-16-30(35)18-31(36)17-29)27-12-10-26(11-13-27)25-6-4-24(21-40)5-7-25/h2-13,16-19,40-41H,1,14-15,20-21H2,(H,37,42). The van der Waals surface area contributed by atoms with Crippen LogP contribution >= 0.6 is 23.2 Å². The largest absolute Gasteiger partial charge is 0.513 e. The second kappa shape index (κ2) is 13.1. The van der Waals surface area contributed by atoms with Gasteiger partial charge in [-0.25, -0.2) is 0 Å². The molecule has 0 fully saturated rings. The van der Waals surface area contributed by atoms with Crippen molar-refractivity contribution >= 4 is 29.1 Å². The van der Waals surface area contributed by atoms with Crippen molar-refractivity contribution in [3.63, 3.8) is 0 Å². The molecule has 0 atom stereocenters. The molecular formula is C34H29Cl2N3O3. The van der Waals surface area contributed by atoms with E-state index < -0.39 is 0 Å². The molecule has 0 spiro atoms. The van der Waals surface area contributed by atoms with Gasteiger partial charge in [0.2, 0.25) is 0 Å². The number of hydrogen-bond donors (Lipinski definition) is 3. The monoisotopic (exact) mass is 597 g/mol. The van der Waals surface area contributed by atoms with E-state index in [-0.39, 0.29) is 18.3 Å². The van der Waals surface area contributed by atoms with Gasteiger partial charge in [0.05, 0.1) is 30.3 Å². The summed E-state index contributed by atoms with van der Waals surface area (Å²) in [7, 11) is 0. The Bertz CT molecular complexity index is 1690. The Morgan fingerprint density at radius 1 is 0.786 bits per heavy atom. The summed E-state index contributed by atoms with van der Waals surface area (Å²) in [5.74, 6) is -0.180. The van der Waals surface area contributed by atoms with E-state index >= 15 is 0 Å². The third-order valence-corrected chi connectivity index (χ3v) is 7.27. The van der Waals surface area contributed by atoms with Crippen LogP contribution in [-0.4, -0.2) is 32.4 Å². The molecule has 1 amide bonds. The molecule has 0 bridgehead atoms. The average Bonchev–Trinajstić information content (AvgIpc) is 3.41. The molecule has 0 unspecified atom stereocenters. The summed E-state index contributed by atoms with van der Waals surface area (Å²) in [4.78, 5) is 12.4. The molecule has 0 aliphatic rings. The molecule has 5 aromatic rings. The number of amides is 1. The minimum Gasteiger partial charge on any atom is -0.513 e. The van der Waals surface area contributed by atoms with Gasteiger partial charge in [0.25, 0.3) is 5.91 Å². The fourth-order valence-electron chi connectivity index (χ4n) is 4.61. The lowest BCUT2D eigenvalue weighted by Crippen LogP contribution is -2.24. The van der Waals surface area contributed by atoms with E-state index in [2.05, 4.69) is 36.2 Å². The number of aliphatic hydroxyl groups excluding tert-OH is 2. The van der Waals surface area contributed by atoms with Crippen molar-refractivity contribution in [3.05, 3.63) is 136 Å². The summed E-state index contributed by atoms with van der Waals surface area (Å²) in [6.45, 7) is 4.24.